The van der Waals surface area contributed by atoms with Gasteiger partial charge in [0, 0.05) is 25.5 Å². The van der Waals surface area contributed by atoms with Gasteiger partial charge in [0.15, 0.2) is 0 Å². The molecule has 0 bridgehead atoms. The molecule has 1 fully saturated rings. The van der Waals surface area contributed by atoms with E-state index < -0.39 is 0 Å². The lowest BCUT2D eigenvalue weighted by atomic mass is 9.97. The zero-order valence-corrected chi connectivity index (χ0v) is 11.0. The van der Waals surface area contributed by atoms with Gasteiger partial charge in [-0.3, -0.25) is 14.6 Å². The number of amides is 1. The van der Waals surface area contributed by atoms with Gasteiger partial charge in [-0.25, -0.2) is 0 Å². The van der Waals surface area contributed by atoms with Gasteiger partial charge in [0.1, 0.15) is 0 Å². The summed E-state index contributed by atoms with van der Waals surface area (Å²) in [5.41, 5.74) is 0.896. The first-order valence-corrected chi connectivity index (χ1v) is 6.45. The monoisotopic (exact) mass is 262 g/mol. The molecule has 1 amide bonds. The van der Waals surface area contributed by atoms with Crippen molar-refractivity contribution in [2.75, 3.05) is 20.2 Å². The smallest absolute Gasteiger partial charge is 0.310 e. The van der Waals surface area contributed by atoms with Gasteiger partial charge in [-0.2, -0.15) is 0 Å². The predicted octanol–water partition coefficient (Wildman–Crippen LogP) is 1.04. The summed E-state index contributed by atoms with van der Waals surface area (Å²) < 4.78 is 4.75. The highest BCUT2D eigenvalue weighted by Crippen LogP contribution is 2.18. The molecule has 1 aromatic heterocycles. The molecule has 0 N–H and O–H groups in total. The van der Waals surface area contributed by atoms with E-state index in [9.17, 15) is 9.59 Å². The van der Waals surface area contributed by atoms with Crippen LogP contribution in [0.2, 0.25) is 0 Å². The van der Waals surface area contributed by atoms with Crippen LogP contribution in [0.1, 0.15) is 18.4 Å². The minimum atomic E-state index is -0.223. The lowest BCUT2D eigenvalue weighted by Gasteiger charge is -2.31. The van der Waals surface area contributed by atoms with Gasteiger partial charge in [0.25, 0.3) is 0 Å². The maximum Gasteiger partial charge on any atom is 0.310 e. The van der Waals surface area contributed by atoms with Crippen LogP contribution in [0.3, 0.4) is 0 Å². The summed E-state index contributed by atoms with van der Waals surface area (Å²) in [5, 5.41) is 0. The van der Waals surface area contributed by atoms with E-state index in [0.717, 1.165) is 18.4 Å². The van der Waals surface area contributed by atoms with Crippen molar-refractivity contribution in [3.63, 3.8) is 0 Å². The van der Waals surface area contributed by atoms with Crippen LogP contribution in [0, 0.1) is 5.92 Å². The Kier molecular flexibility index (Phi) is 4.49. The zero-order chi connectivity index (χ0) is 13.7. The summed E-state index contributed by atoms with van der Waals surface area (Å²) in [4.78, 5) is 29.4. The van der Waals surface area contributed by atoms with E-state index in [1.165, 1.54) is 7.11 Å². The molecule has 2 heterocycles. The van der Waals surface area contributed by atoms with Gasteiger partial charge < -0.3 is 9.64 Å². The minimum Gasteiger partial charge on any atom is -0.469 e. The lowest BCUT2D eigenvalue weighted by Crippen LogP contribution is -2.43. The van der Waals surface area contributed by atoms with Crippen molar-refractivity contribution < 1.29 is 14.3 Å². The molecule has 5 heteroatoms. The predicted molar refractivity (Wildman–Crippen MR) is 69.3 cm³/mol. The first kappa shape index (κ1) is 13.5. The number of pyridine rings is 1. The highest BCUT2D eigenvalue weighted by atomic mass is 16.5. The van der Waals surface area contributed by atoms with E-state index >= 15 is 0 Å². The number of nitrogens with zero attached hydrogens (tertiary/aromatic N) is 2. The van der Waals surface area contributed by atoms with Crippen LogP contribution in [0.25, 0.3) is 0 Å². The number of carbonyl (C=O) groups is 2. The fourth-order valence-corrected chi connectivity index (χ4v) is 2.35. The number of carbonyl (C=O) groups excluding carboxylic acids is 2. The van der Waals surface area contributed by atoms with Gasteiger partial charge in [-0.15, -0.1) is 0 Å². The molecule has 1 atom stereocenters. The zero-order valence-electron chi connectivity index (χ0n) is 11.0. The van der Waals surface area contributed by atoms with E-state index in [4.69, 9.17) is 4.74 Å². The summed E-state index contributed by atoms with van der Waals surface area (Å²) in [6.07, 6.45) is 5.35. The average molecular weight is 262 g/mol. The average Bonchev–Trinajstić information content (AvgIpc) is 2.47. The van der Waals surface area contributed by atoms with Gasteiger partial charge in [-0.05, 0) is 24.5 Å². The highest BCUT2D eigenvalue weighted by Gasteiger charge is 2.28. The molecule has 1 aliphatic heterocycles. The largest absolute Gasteiger partial charge is 0.469 e. The highest BCUT2D eigenvalue weighted by molar-refractivity contribution is 5.80. The number of likely N-dealkylation sites (tertiary alicyclic amines) is 1. The van der Waals surface area contributed by atoms with Crippen molar-refractivity contribution in [3.05, 3.63) is 30.1 Å². The molecule has 1 saturated heterocycles. The number of methoxy groups -OCH3 is 1. The first-order valence-electron chi connectivity index (χ1n) is 6.45. The van der Waals surface area contributed by atoms with Gasteiger partial charge in [0.2, 0.25) is 5.91 Å². The quantitative estimate of drug-likeness (QED) is 0.764. The maximum absolute atomic E-state index is 12.2. The van der Waals surface area contributed by atoms with Crippen molar-refractivity contribution in [1.29, 1.82) is 0 Å². The van der Waals surface area contributed by atoms with Crippen LogP contribution in [-0.2, 0) is 20.7 Å². The summed E-state index contributed by atoms with van der Waals surface area (Å²) in [6, 6.07) is 3.70. The van der Waals surface area contributed by atoms with Crippen LogP contribution < -0.4 is 0 Å². The van der Waals surface area contributed by atoms with E-state index in [1.54, 1.807) is 17.3 Å². The molecule has 102 valence electrons. The maximum atomic E-state index is 12.2. The molecule has 5 nitrogen and oxygen atoms in total. The third-order valence-electron chi connectivity index (χ3n) is 3.39. The van der Waals surface area contributed by atoms with Gasteiger partial charge >= 0.3 is 5.97 Å². The van der Waals surface area contributed by atoms with Crippen molar-refractivity contribution in [3.8, 4) is 0 Å². The second kappa shape index (κ2) is 6.31. The third kappa shape index (κ3) is 3.53. The van der Waals surface area contributed by atoms with Gasteiger partial charge in [0.05, 0.1) is 19.4 Å². The molecule has 1 aliphatic rings. The Morgan fingerprint density at radius 3 is 3.05 bits per heavy atom. The third-order valence-corrected chi connectivity index (χ3v) is 3.39. The van der Waals surface area contributed by atoms with E-state index in [2.05, 4.69) is 4.98 Å². The minimum absolute atomic E-state index is 0.0432. The topological polar surface area (TPSA) is 59.5 Å². The Bertz CT molecular complexity index is 447. The Morgan fingerprint density at radius 1 is 1.53 bits per heavy atom. The Morgan fingerprint density at radius 2 is 2.37 bits per heavy atom. The molecule has 1 aromatic rings. The normalized spacial score (nSPS) is 19.0. The molecule has 1 unspecified atom stereocenters. The van der Waals surface area contributed by atoms with Crippen molar-refractivity contribution in [2.24, 2.45) is 5.92 Å². The van der Waals surface area contributed by atoms with E-state index in [1.807, 2.05) is 12.1 Å². The standard InChI is InChI=1S/C14H18N2O3/c1-19-14(18)12-5-3-7-16(10-12)13(17)8-11-4-2-6-15-9-11/h2,4,6,9,12H,3,5,7-8,10H2,1H3. The number of hydrogen-bond donors (Lipinski definition) is 0. The van der Waals surface area contributed by atoms with Crippen molar-refractivity contribution in [1.82, 2.24) is 9.88 Å². The molecule has 0 aromatic carbocycles. The van der Waals surface area contributed by atoms with Crippen molar-refractivity contribution >= 4 is 11.9 Å². The van der Waals surface area contributed by atoms with E-state index in [0.29, 0.717) is 19.5 Å². The number of esters is 1. The molecule has 0 radical (unpaired) electrons. The van der Waals surface area contributed by atoms with Crippen LogP contribution in [0.5, 0.6) is 0 Å². The summed E-state index contributed by atoms with van der Waals surface area (Å²) in [5.74, 6) is -0.364. The molecule has 19 heavy (non-hydrogen) atoms. The summed E-state index contributed by atoms with van der Waals surface area (Å²) in [7, 11) is 1.39. The first-order chi connectivity index (χ1) is 9.20. The Labute approximate surface area is 112 Å². The Hall–Kier alpha value is -1.91. The molecular weight excluding hydrogens is 244 g/mol. The molecular formula is C14H18N2O3. The van der Waals surface area contributed by atoms with Crippen molar-refractivity contribution in [2.45, 2.75) is 19.3 Å². The summed E-state index contributed by atoms with van der Waals surface area (Å²) >= 11 is 0. The number of piperidine rings is 1. The molecule has 0 saturated carbocycles. The fourth-order valence-electron chi connectivity index (χ4n) is 2.35. The Balaban J connectivity index is 1.94. The number of ether oxygens (including phenoxy) is 1. The van der Waals surface area contributed by atoms with Crippen LogP contribution in [0.15, 0.2) is 24.5 Å². The molecule has 0 aliphatic carbocycles. The van der Waals surface area contributed by atoms with Crippen LogP contribution in [-0.4, -0.2) is 42.0 Å². The molecule has 2 rings (SSSR count). The summed E-state index contributed by atoms with van der Waals surface area (Å²) in [6.45, 7) is 1.18. The number of rotatable bonds is 3. The second-order valence-corrected chi connectivity index (χ2v) is 4.74. The SMILES string of the molecule is COC(=O)C1CCCN(C(=O)Cc2cccnc2)C1. The number of aromatic nitrogens is 1. The van der Waals surface area contributed by atoms with Crippen LogP contribution >= 0.6 is 0 Å². The van der Waals surface area contributed by atoms with E-state index in [-0.39, 0.29) is 17.8 Å². The van der Waals surface area contributed by atoms with Gasteiger partial charge in [-0.1, -0.05) is 6.07 Å². The fraction of sp³-hybridized carbons (Fsp3) is 0.500. The second-order valence-electron chi connectivity index (χ2n) is 4.74. The molecule has 0 spiro atoms. The van der Waals surface area contributed by atoms with Crippen LogP contribution in [0.4, 0.5) is 0 Å². The lowest BCUT2D eigenvalue weighted by molar-refractivity contribution is -0.148. The number of hydrogen-bond acceptors (Lipinski definition) is 4.